The maximum atomic E-state index is 5.94. The number of hydrogen-bond acceptors (Lipinski definition) is 1. The normalized spacial score (nSPS) is 10.4. The van der Waals surface area contributed by atoms with Crippen molar-refractivity contribution in [2.45, 2.75) is 13.8 Å². The Labute approximate surface area is 113 Å². The van der Waals surface area contributed by atoms with Gasteiger partial charge in [-0.1, -0.05) is 0 Å². The average molecular weight is 499 g/mol. The van der Waals surface area contributed by atoms with Crippen LogP contribution in [-0.4, -0.2) is 0 Å². The van der Waals surface area contributed by atoms with Crippen LogP contribution in [0.4, 0.5) is 5.69 Å². The van der Waals surface area contributed by atoms with E-state index in [2.05, 4.69) is 81.6 Å². The number of halogens is 3. The molecule has 1 nitrogen and oxygen atoms in total. The van der Waals surface area contributed by atoms with E-state index in [9.17, 15) is 0 Å². The van der Waals surface area contributed by atoms with E-state index < -0.39 is 0 Å². The van der Waals surface area contributed by atoms with E-state index in [1.807, 2.05) is 0 Å². The molecule has 0 spiro atoms. The smallest absolute Gasteiger partial charge is 0.0507 e. The van der Waals surface area contributed by atoms with Gasteiger partial charge in [-0.15, -0.1) is 0 Å². The molecule has 2 N–H and O–H groups in total. The fourth-order valence-electron chi connectivity index (χ4n) is 0.910. The summed E-state index contributed by atoms with van der Waals surface area (Å²) in [4.78, 5) is 0. The minimum atomic E-state index is 0.929. The minimum absolute atomic E-state index is 0.929. The quantitative estimate of drug-likeness (QED) is 0.329. The van der Waals surface area contributed by atoms with Gasteiger partial charge in [0.15, 0.2) is 0 Å². The van der Waals surface area contributed by atoms with Crippen molar-refractivity contribution in [3.05, 3.63) is 21.8 Å². The molecule has 12 heavy (non-hydrogen) atoms. The summed E-state index contributed by atoms with van der Waals surface area (Å²) in [7, 11) is 0. The summed E-state index contributed by atoms with van der Waals surface area (Å²) in [6.45, 7) is 4.19. The largest absolute Gasteiger partial charge is 0.398 e. The van der Waals surface area contributed by atoms with Crippen LogP contribution in [0.2, 0.25) is 0 Å². The first-order chi connectivity index (χ1) is 5.46. The van der Waals surface area contributed by atoms with E-state index in [4.69, 9.17) is 5.73 Å². The standard InChI is InChI=1S/C8H8I3N/c1-3-4(2)8(12)7(11)6(10)5(3)9/h12H2,1-2H3. The fraction of sp³-hybridized carbons (Fsp3) is 0.250. The molecule has 1 aromatic rings. The molecule has 0 bridgehead atoms. The van der Waals surface area contributed by atoms with Gasteiger partial charge in [-0.05, 0) is 92.7 Å². The van der Waals surface area contributed by atoms with E-state index in [1.54, 1.807) is 0 Å². The van der Waals surface area contributed by atoms with Crippen LogP contribution in [0.3, 0.4) is 0 Å². The molecule has 0 amide bonds. The molecular formula is C8H8I3N. The van der Waals surface area contributed by atoms with Crippen LogP contribution in [0.15, 0.2) is 0 Å². The van der Waals surface area contributed by atoms with E-state index in [1.165, 1.54) is 21.8 Å². The van der Waals surface area contributed by atoms with Gasteiger partial charge in [0.25, 0.3) is 0 Å². The van der Waals surface area contributed by atoms with Gasteiger partial charge in [-0.2, -0.15) is 0 Å². The van der Waals surface area contributed by atoms with Crippen molar-refractivity contribution in [1.82, 2.24) is 0 Å². The Morgan fingerprint density at radius 3 is 1.83 bits per heavy atom. The van der Waals surface area contributed by atoms with Gasteiger partial charge in [0, 0.05) is 12.8 Å². The summed E-state index contributed by atoms with van der Waals surface area (Å²) in [5.74, 6) is 0. The van der Waals surface area contributed by atoms with E-state index in [-0.39, 0.29) is 0 Å². The van der Waals surface area contributed by atoms with Gasteiger partial charge in [0.2, 0.25) is 0 Å². The molecule has 1 rings (SSSR count). The van der Waals surface area contributed by atoms with Crippen LogP contribution < -0.4 is 5.73 Å². The highest BCUT2D eigenvalue weighted by molar-refractivity contribution is 14.1. The van der Waals surface area contributed by atoms with Crippen LogP contribution in [0.1, 0.15) is 11.1 Å². The second-order valence-corrected chi connectivity index (χ2v) is 5.84. The third-order valence-electron chi connectivity index (χ3n) is 1.92. The lowest BCUT2D eigenvalue weighted by Gasteiger charge is -2.11. The van der Waals surface area contributed by atoms with Crippen molar-refractivity contribution in [3.63, 3.8) is 0 Å². The first kappa shape index (κ1) is 11.3. The Morgan fingerprint density at radius 1 is 0.833 bits per heavy atom. The lowest BCUT2D eigenvalue weighted by Crippen LogP contribution is -2.01. The molecule has 0 atom stereocenters. The third-order valence-corrected chi connectivity index (χ3v) is 7.53. The zero-order valence-electron chi connectivity index (χ0n) is 6.71. The average Bonchev–Trinajstić information content (AvgIpc) is 2.08. The molecule has 0 aliphatic heterocycles. The molecule has 0 fully saturated rings. The van der Waals surface area contributed by atoms with Gasteiger partial charge < -0.3 is 5.73 Å². The number of hydrogen-bond donors (Lipinski definition) is 1. The van der Waals surface area contributed by atoms with Gasteiger partial charge >= 0.3 is 0 Å². The molecule has 0 heterocycles. The van der Waals surface area contributed by atoms with Crippen LogP contribution in [-0.2, 0) is 0 Å². The van der Waals surface area contributed by atoms with Crippen LogP contribution >= 0.6 is 67.8 Å². The Balaban J connectivity index is 3.60. The highest BCUT2D eigenvalue weighted by Crippen LogP contribution is 2.32. The molecular weight excluding hydrogens is 491 g/mol. The fourth-order valence-corrected chi connectivity index (χ4v) is 3.47. The zero-order valence-corrected chi connectivity index (χ0v) is 13.2. The van der Waals surface area contributed by atoms with Crippen molar-refractivity contribution >= 4 is 73.5 Å². The number of nitrogen functional groups attached to an aromatic ring is 1. The lowest BCUT2D eigenvalue weighted by atomic mass is 10.1. The van der Waals surface area contributed by atoms with Crippen LogP contribution in [0, 0.1) is 24.6 Å². The molecule has 1 aromatic carbocycles. The molecule has 4 heteroatoms. The summed E-state index contributed by atoms with van der Waals surface area (Å²) < 4.78 is 3.78. The predicted molar refractivity (Wildman–Crippen MR) is 78.5 cm³/mol. The second-order valence-electron chi connectivity index (χ2n) is 2.61. The Kier molecular flexibility index (Phi) is 3.91. The topological polar surface area (TPSA) is 26.0 Å². The lowest BCUT2D eigenvalue weighted by molar-refractivity contribution is 1.29. The van der Waals surface area contributed by atoms with Gasteiger partial charge in [0.05, 0.1) is 3.57 Å². The molecule has 0 saturated carbocycles. The first-order valence-corrected chi connectivity index (χ1v) is 6.59. The maximum absolute atomic E-state index is 5.94. The molecule has 0 aliphatic carbocycles. The molecule has 0 saturated heterocycles. The van der Waals surface area contributed by atoms with Gasteiger partial charge in [0.1, 0.15) is 0 Å². The van der Waals surface area contributed by atoms with Gasteiger partial charge in [-0.25, -0.2) is 0 Å². The number of benzene rings is 1. The molecule has 66 valence electrons. The van der Waals surface area contributed by atoms with Gasteiger partial charge in [-0.3, -0.25) is 0 Å². The SMILES string of the molecule is Cc1c(C)c(I)c(I)c(I)c1N. The number of anilines is 1. The summed E-state index contributed by atoms with van der Waals surface area (Å²) in [6.07, 6.45) is 0. The molecule has 0 aromatic heterocycles. The summed E-state index contributed by atoms with van der Waals surface area (Å²) >= 11 is 7.01. The molecule has 0 aliphatic rings. The Hall–Kier alpha value is 1.21. The highest BCUT2D eigenvalue weighted by atomic mass is 127. The van der Waals surface area contributed by atoms with Crippen LogP contribution in [0.5, 0.6) is 0 Å². The molecule has 0 unspecified atom stereocenters. The van der Waals surface area contributed by atoms with E-state index in [0.29, 0.717) is 0 Å². The second kappa shape index (κ2) is 4.16. The zero-order chi connectivity index (χ0) is 9.46. The van der Waals surface area contributed by atoms with Crippen molar-refractivity contribution in [2.75, 3.05) is 5.73 Å². The third kappa shape index (κ3) is 1.84. The summed E-state index contributed by atoms with van der Waals surface area (Å²) in [5, 5.41) is 0. The Bertz CT molecular complexity index is 229. The highest BCUT2D eigenvalue weighted by Gasteiger charge is 2.12. The van der Waals surface area contributed by atoms with Crippen molar-refractivity contribution < 1.29 is 0 Å². The van der Waals surface area contributed by atoms with E-state index >= 15 is 0 Å². The number of rotatable bonds is 0. The summed E-state index contributed by atoms with van der Waals surface area (Å²) in [6, 6.07) is 0. The van der Waals surface area contributed by atoms with Crippen molar-refractivity contribution in [1.29, 1.82) is 0 Å². The first-order valence-electron chi connectivity index (χ1n) is 3.36. The van der Waals surface area contributed by atoms with Crippen LogP contribution in [0.25, 0.3) is 0 Å². The minimum Gasteiger partial charge on any atom is -0.398 e. The van der Waals surface area contributed by atoms with E-state index in [0.717, 1.165) is 5.69 Å². The Morgan fingerprint density at radius 2 is 1.33 bits per heavy atom. The number of nitrogens with two attached hydrogens (primary N) is 1. The van der Waals surface area contributed by atoms with Crippen molar-refractivity contribution in [3.8, 4) is 0 Å². The summed E-state index contributed by atoms with van der Waals surface area (Å²) in [5.41, 5.74) is 9.38. The van der Waals surface area contributed by atoms with Crippen molar-refractivity contribution in [2.24, 2.45) is 0 Å². The molecule has 0 radical (unpaired) electrons. The maximum Gasteiger partial charge on any atom is 0.0507 e. The predicted octanol–water partition coefficient (Wildman–Crippen LogP) is 3.70. The monoisotopic (exact) mass is 499 g/mol.